The van der Waals surface area contributed by atoms with Gasteiger partial charge in [-0.15, -0.1) is 11.3 Å². The highest BCUT2D eigenvalue weighted by atomic mass is 32.1. The van der Waals surface area contributed by atoms with Gasteiger partial charge in [0.15, 0.2) is 0 Å². The van der Waals surface area contributed by atoms with Crippen molar-refractivity contribution in [2.24, 2.45) is 0 Å². The summed E-state index contributed by atoms with van der Waals surface area (Å²) in [6.07, 6.45) is 4.95. The number of aromatic nitrogens is 2. The lowest BCUT2D eigenvalue weighted by Gasteiger charge is -2.05. The van der Waals surface area contributed by atoms with Crippen molar-refractivity contribution in [2.75, 3.05) is 18.4 Å². The first-order chi connectivity index (χ1) is 9.79. The number of anilines is 1. The summed E-state index contributed by atoms with van der Waals surface area (Å²) in [4.78, 5) is 21.4. The Hall–Kier alpha value is -1.95. The molecule has 5 nitrogen and oxygen atoms in total. The molecule has 0 spiro atoms. The Balaban J connectivity index is 1.79. The van der Waals surface area contributed by atoms with Crippen molar-refractivity contribution in [2.45, 2.75) is 19.8 Å². The van der Waals surface area contributed by atoms with Crippen LogP contribution >= 0.6 is 11.3 Å². The molecule has 20 heavy (non-hydrogen) atoms. The van der Waals surface area contributed by atoms with Crippen LogP contribution in [0.4, 0.5) is 5.82 Å². The van der Waals surface area contributed by atoms with Crippen molar-refractivity contribution >= 4 is 23.1 Å². The van der Waals surface area contributed by atoms with Crippen LogP contribution in [0.15, 0.2) is 29.9 Å². The van der Waals surface area contributed by atoms with Crippen LogP contribution < -0.4 is 10.6 Å². The molecule has 0 fully saturated rings. The maximum Gasteiger partial charge on any atom is 0.271 e. The summed E-state index contributed by atoms with van der Waals surface area (Å²) in [7, 11) is 0. The smallest absolute Gasteiger partial charge is 0.271 e. The lowest BCUT2D eigenvalue weighted by molar-refractivity contribution is 0.0949. The molecule has 6 heteroatoms. The Bertz CT molecular complexity index is 525. The highest BCUT2D eigenvalue weighted by molar-refractivity contribution is 7.09. The van der Waals surface area contributed by atoms with E-state index in [2.05, 4.69) is 33.6 Å². The van der Waals surface area contributed by atoms with Crippen LogP contribution in [0.2, 0.25) is 0 Å². The number of carbonyl (C=O) groups excluding carboxylic acids is 1. The Morgan fingerprint density at radius 2 is 2.20 bits per heavy atom. The molecular formula is C14H18N4OS. The van der Waals surface area contributed by atoms with Gasteiger partial charge < -0.3 is 10.6 Å². The molecule has 106 valence electrons. The number of rotatable bonds is 7. The number of nitrogens with one attached hydrogen (secondary N) is 2. The Labute approximate surface area is 122 Å². The van der Waals surface area contributed by atoms with Crippen LogP contribution in [0, 0.1) is 0 Å². The minimum Gasteiger partial charge on any atom is -0.369 e. The van der Waals surface area contributed by atoms with Gasteiger partial charge in [-0.3, -0.25) is 4.79 Å². The molecule has 2 rings (SSSR count). The van der Waals surface area contributed by atoms with Gasteiger partial charge in [0.25, 0.3) is 5.91 Å². The minimum absolute atomic E-state index is 0.184. The van der Waals surface area contributed by atoms with Crippen molar-refractivity contribution < 1.29 is 4.79 Å². The number of nitrogens with zero attached hydrogens (tertiary/aromatic N) is 2. The first kappa shape index (κ1) is 14.5. The number of carbonyl (C=O) groups is 1. The van der Waals surface area contributed by atoms with E-state index in [1.807, 2.05) is 11.4 Å². The molecule has 0 unspecified atom stereocenters. The van der Waals surface area contributed by atoms with Gasteiger partial charge >= 0.3 is 0 Å². The molecule has 0 aliphatic rings. The van der Waals surface area contributed by atoms with Crippen LogP contribution in [-0.2, 0) is 6.42 Å². The highest BCUT2D eigenvalue weighted by Gasteiger charge is 2.07. The van der Waals surface area contributed by atoms with E-state index >= 15 is 0 Å². The molecule has 2 aromatic rings. The molecule has 2 aromatic heterocycles. The summed E-state index contributed by atoms with van der Waals surface area (Å²) in [5, 5.41) is 8.00. The maximum atomic E-state index is 11.9. The quantitative estimate of drug-likeness (QED) is 0.821. The molecule has 0 aliphatic heterocycles. The standard InChI is InChI=1S/C14H18N4OS/c1-2-6-15-13-10-17-12(9-18-13)14(19)16-7-5-11-4-3-8-20-11/h3-4,8-10H,2,5-7H2,1H3,(H,15,18)(H,16,19). The van der Waals surface area contributed by atoms with Crippen LogP contribution in [0.1, 0.15) is 28.7 Å². The van der Waals surface area contributed by atoms with E-state index in [1.54, 1.807) is 17.5 Å². The molecule has 2 heterocycles. The predicted octanol–water partition coefficient (Wildman–Crippen LogP) is 2.33. The molecule has 0 atom stereocenters. The third-order valence-electron chi connectivity index (χ3n) is 2.68. The van der Waals surface area contributed by atoms with E-state index in [-0.39, 0.29) is 5.91 Å². The normalized spacial score (nSPS) is 10.2. The van der Waals surface area contributed by atoms with E-state index in [0.717, 1.165) is 19.4 Å². The largest absolute Gasteiger partial charge is 0.369 e. The first-order valence-electron chi connectivity index (χ1n) is 6.66. The zero-order valence-electron chi connectivity index (χ0n) is 11.4. The second-order valence-corrected chi connectivity index (χ2v) is 5.33. The molecule has 0 saturated carbocycles. The average Bonchev–Trinajstić information content (AvgIpc) is 2.99. The summed E-state index contributed by atoms with van der Waals surface area (Å²) < 4.78 is 0. The molecule has 2 N–H and O–H groups in total. The summed E-state index contributed by atoms with van der Waals surface area (Å²) in [5.74, 6) is 0.512. The third kappa shape index (κ3) is 4.31. The van der Waals surface area contributed by atoms with Gasteiger partial charge in [0, 0.05) is 18.0 Å². The summed E-state index contributed by atoms with van der Waals surface area (Å²) in [6.45, 7) is 3.54. The average molecular weight is 290 g/mol. The zero-order valence-corrected chi connectivity index (χ0v) is 12.2. The van der Waals surface area contributed by atoms with Crippen molar-refractivity contribution in [1.82, 2.24) is 15.3 Å². The first-order valence-corrected chi connectivity index (χ1v) is 7.54. The lowest BCUT2D eigenvalue weighted by atomic mass is 10.3. The number of hydrogen-bond acceptors (Lipinski definition) is 5. The number of amides is 1. The fourth-order valence-corrected chi connectivity index (χ4v) is 2.34. The molecule has 0 aromatic carbocycles. The minimum atomic E-state index is -0.184. The Morgan fingerprint density at radius 3 is 2.85 bits per heavy atom. The second-order valence-electron chi connectivity index (χ2n) is 4.30. The fraction of sp³-hybridized carbons (Fsp3) is 0.357. The van der Waals surface area contributed by atoms with Gasteiger partial charge in [-0.05, 0) is 24.3 Å². The topological polar surface area (TPSA) is 66.9 Å². The summed E-state index contributed by atoms with van der Waals surface area (Å²) >= 11 is 1.69. The van der Waals surface area contributed by atoms with E-state index < -0.39 is 0 Å². The van der Waals surface area contributed by atoms with E-state index in [0.29, 0.717) is 18.1 Å². The van der Waals surface area contributed by atoms with Crippen LogP contribution in [0.5, 0.6) is 0 Å². The molecular weight excluding hydrogens is 272 g/mol. The van der Waals surface area contributed by atoms with Gasteiger partial charge in [0.05, 0.1) is 12.4 Å². The molecule has 0 aliphatic carbocycles. The van der Waals surface area contributed by atoms with E-state index in [4.69, 9.17) is 0 Å². The molecule has 0 radical (unpaired) electrons. The van der Waals surface area contributed by atoms with E-state index in [9.17, 15) is 4.79 Å². The van der Waals surface area contributed by atoms with Crippen molar-refractivity contribution in [3.8, 4) is 0 Å². The zero-order chi connectivity index (χ0) is 14.2. The number of thiophene rings is 1. The summed E-state index contributed by atoms with van der Waals surface area (Å²) in [6, 6.07) is 4.07. The summed E-state index contributed by atoms with van der Waals surface area (Å²) in [5.41, 5.74) is 0.346. The maximum absolute atomic E-state index is 11.9. The van der Waals surface area contributed by atoms with Crippen molar-refractivity contribution in [3.63, 3.8) is 0 Å². The van der Waals surface area contributed by atoms with E-state index in [1.165, 1.54) is 11.1 Å². The second kappa shape index (κ2) is 7.59. The van der Waals surface area contributed by atoms with Gasteiger partial charge in [0.1, 0.15) is 11.5 Å². The van der Waals surface area contributed by atoms with Crippen LogP contribution in [0.25, 0.3) is 0 Å². The van der Waals surface area contributed by atoms with Gasteiger partial charge in [-0.1, -0.05) is 13.0 Å². The third-order valence-corrected chi connectivity index (χ3v) is 3.61. The van der Waals surface area contributed by atoms with Gasteiger partial charge in [-0.2, -0.15) is 0 Å². The monoisotopic (exact) mass is 290 g/mol. The SMILES string of the molecule is CCCNc1cnc(C(=O)NCCc2cccs2)cn1. The van der Waals surface area contributed by atoms with Crippen LogP contribution in [-0.4, -0.2) is 29.0 Å². The van der Waals surface area contributed by atoms with Gasteiger partial charge in [0.2, 0.25) is 0 Å². The highest BCUT2D eigenvalue weighted by Crippen LogP contribution is 2.08. The van der Waals surface area contributed by atoms with Crippen LogP contribution in [0.3, 0.4) is 0 Å². The Morgan fingerprint density at radius 1 is 1.30 bits per heavy atom. The Kier molecular flexibility index (Phi) is 5.49. The molecule has 1 amide bonds. The van der Waals surface area contributed by atoms with Crippen molar-refractivity contribution in [3.05, 3.63) is 40.5 Å². The molecule has 0 bridgehead atoms. The number of hydrogen-bond donors (Lipinski definition) is 2. The lowest BCUT2D eigenvalue weighted by Crippen LogP contribution is -2.26. The fourth-order valence-electron chi connectivity index (χ4n) is 1.63. The predicted molar refractivity (Wildman–Crippen MR) is 81.2 cm³/mol. The van der Waals surface area contributed by atoms with Gasteiger partial charge in [-0.25, -0.2) is 9.97 Å². The van der Waals surface area contributed by atoms with Crippen molar-refractivity contribution in [1.29, 1.82) is 0 Å². The molecule has 0 saturated heterocycles.